The van der Waals surface area contributed by atoms with Crippen molar-refractivity contribution in [3.63, 3.8) is 0 Å². The molecule has 31 heavy (non-hydrogen) atoms. The number of carbonyl (C=O) groups is 1. The number of ether oxygens (including phenoxy) is 1. The summed E-state index contributed by atoms with van der Waals surface area (Å²) in [7, 11) is 0. The van der Waals surface area contributed by atoms with Crippen LogP contribution in [0.25, 0.3) is 5.65 Å². The van der Waals surface area contributed by atoms with Gasteiger partial charge in [-0.25, -0.2) is 18.9 Å². The predicted octanol–water partition coefficient (Wildman–Crippen LogP) is 3.80. The summed E-state index contributed by atoms with van der Waals surface area (Å²) in [5, 5.41) is 4.52. The van der Waals surface area contributed by atoms with Crippen LogP contribution >= 0.6 is 0 Å². The number of carbonyl (C=O) groups excluding carboxylic acids is 1. The molecule has 4 heterocycles. The van der Waals surface area contributed by atoms with Gasteiger partial charge in [-0.05, 0) is 43.9 Å². The Labute approximate surface area is 181 Å². The molecular weight excluding hydrogens is 397 g/mol. The first-order valence-corrected chi connectivity index (χ1v) is 10.6. The van der Waals surface area contributed by atoms with E-state index < -0.39 is 5.82 Å². The van der Waals surface area contributed by atoms with Crippen molar-refractivity contribution in [1.29, 1.82) is 0 Å². The third-order valence-corrected chi connectivity index (χ3v) is 5.67. The van der Waals surface area contributed by atoms with Gasteiger partial charge in [-0.3, -0.25) is 4.79 Å². The number of hydrogen-bond acceptors (Lipinski definition) is 5. The lowest BCUT2D eigenvalue weighted by molar-refractivity contribution is 0.0652. The van der Waals surface area contributed by atoms with E-state index in [0.29, 0.717) is 37.2 Å². The second-order valence-electron chi connectivity index (χ2n) is 9.16. The minimum Gasteiger partial charge on any atom is -0.476 e. The van der Waals surface area contributed by atoms with Gasteiger partial charge in [-0.1, -0.05) is 20.8 Å². The number of pyridine rings is 1. The molecule has 0 unspecified atom stereocenters. The summed E-state index contributed by atoms with van der Waals surface area (Å²) in [4.78, 5) is 23.1. The van der Waals surface area contributed by atoms with Crippen molar-refractivity contribution in [1.82, 2.24) is 24.5 Å². The highest BCUT2D eigenvalue weighted by molar-refractivity contribution is 5.92. The molecule has 1 amide bonds. The van der Waals surface area contributed by atoms with E-state index in [1.54, 1.807) is 16.3 Å². The van der Waals surface area contributed by atoms with E-state index in [-0.39, 0.29) is 17.0 Å². The van der Waals surface area contributed by atoms with E-state index in [2.05, 4.69) is 35.8 Å². The van der Waals surface area contributed by atoms with Crippen molar-refractivity contribution in [3.8, 4) is 5.88 Å². The predicted molar refractivity (Wildman–Crippen MR) is 115 cm³/mol. The van der Waals surface area contributed by atoms with Crippen LogP contribution in [0.15, 0.2) is 30.5 Å². The van der Waals surface area contributed by atoms with Crippen LogP contribution in [0.3, 0.4) is 0 Å². The Balaban J connectivity index is 1.32. The van der Waals surface area contributed by atoms with Gasteiger partial charge in [0.25, 0.3) is 5.91 Å². The average Bonchev–Trinajstić information content (AvgIpc) is 3.18. The Bertz CT molecular complexity index is 1100. The number of hydrogen-bond donors (Lipinski definition) is 0. The summed E-state index contributed by atoms with van der Waals surface area (Å²) in [5.74, 6) is 0.362. The fourth-order valence-electron chi connectivity index (χ4n) is 3.63. The molecule has 3 aromatic rings. The molecule has 3 aromatic heterocycles. The Morgan fingerprint density at radius 1 is 1.16 bits per heavy atom. The van der Waals surface area contributed by atoms with Crippen molar-refractivity contribution in [2.45, 2.75) is 46.0 Å². The molecule has 0 atom stereocenters. The average molecular weight is 426 g/mol. The number of halogens is 1. The minimum atomic E-state index is -0.399. The monoisotopic (exact) mass is 425 g/mol. The van der Waals surface area contributed by atoms with Crippen LogP contribution in [0.1, 0.15) is 55.5 Å². The zero-order valence-corrected chi connectivity index (χ0v) is 18.4. The van der Waals surface area contributed by atoms with Gasteiger partial charge in [-0.15, -0.1) is 5.10 Å². The molecule has 8 heteroatoms. The molecule has 0 bridgehead atoms. The van der Waals surface area contributed by atoms with Gasteiger partial charge < -0.3 is 9.64 Å². The van der Waals surface area contributed by atoms with Crippen LogP contribution in [0.4, 0.5) is 4.39 Å². The normalized spacial score (nSPS) is 15.5. The maximum atomic E-state index is 13.4. The standard InChI is InChI=1S/C23H28FN5O2/c1-15-17(24)5-6-18(25-15)22(30)28-11-9-16(10-12-28)14-31-21-8-7-20-26-19(23(2,3)4)13-29(20)27-21/h5-8,13,16H,9-12,14H2,1-4H3. The summed E-state index contributed by atoms with van der Waals surface area (Å²) in [6.45, 7) is 9.75. The zero-order chi connectivity index (χ0) is 22.2. The highest BCUT2D eigenvalue weighted by atomic mass is 19.1. The molecule has 7 nitrogen and oxygen atoms in total. The van der Waals surface area contributed by atoms with Crippen LogP contribution in [-0.4, -0.2) is 50.1 Å². The minimum absolute atomic E-state index is 0.0394. The summed E-state index contributed by atoms with van der Waals surface area (Å²) < 4.78 is 21.1. The molecule has 0 N–H and O–H groups in total. The molecule has 164 valence electrons. The smallest absolute Gasteiger partial charge is 0.272 e. The van der Waals surface area contributed by atoms with E-state index in [1.807, 2.05) is 18.3 Å². The molecule has 0 spiro atoms. The molecule has 1 aliphatic rings. The number of fused-ring (bicyclic) bond motifs is 1. The lowest BCUT2D eigenvalue weighted by Crippen LogP contribution is -2.40. The number of piperidine rings is 1. The van der Waals surface area contributed by atoms with Crippen molar-refractivity contribution in [2.24, 2.45) is 5.92 Å². The molecule has 0 radical (unpaired) electrons. The fourth-order valence-corrected chi connectivity index (χ4v) is 3.63. The maximum absolute atomic E-state index is 13.4. The maximum Gasteiger partial charge on any atom is 0.272 e. The molecular formula is C23H28FN5O2. The number of amides is 1. The van der Waals surface area contributed by atoms with Gasteiger partial charge in [0.05, 0.1) is 24.2 Å². The number of imidazole rings is 1. The molecule has 1 aliphatic heterocycles. The molecule has 0 aliphatic carbocycles. The van der Waals surface area contributed by atoms with Crippen LogP contribution < -0.4 is 4.74 Å². The first-order valence-electron chi connectivity index (χ1n) is 10.6. The highest BCUT2D eigenvalue weighted by Crippen LogP contribution is 2.23. The molecule has 1 saturated heterocycles. The summed E-state index contributed by atoms with van der Waals surface area (Å²) in [6, 6.07) is 6.50. The molecule has 4 rings (SSSR count). The summed E-state index contributed by atoms with van der Waals surface area (Å²) >= 11 is 0. The van der Waals surface area contributed by atoms with Crippen molar-refractivity contribution >= 4 is 11.6 Å². The number of aromatic nitrogens is 4. The summed E-state index contributed by atoms with van der Waals surface area (Å²) in [5.41, 5.74) is 2.28. The Morgan fingerprint density at radius 2 is 1.90 bits per heavy atom. The van der Waals surface area contributed by atoms with Gasteiger partial charge in [0.2, 0.25) is 5.88 Å². The first kappa shape index (κ1) is 21.2. The quantitative estimate of drug-likeness (QED) is 0.636. The second-order valence-corrected chi connectivity index (χ2v) is 9.16. The van der Waals surface area contributed by atoms with E-state index in [4.69, 9.17) is 4.74 Å². The largest absolute Gasteiger partial charge is 0.476 e. The van der Waals surface area contributed by atoms with E-state index in [1.165, 1.54) is 12.1 Å². The van der Waals surface area contributed by atoms with Crippen LogP contribution in [0.2, 0.25) is 0 Å². The number of likely N-dealkylation sites (tertiary alicyclic amines) is 1. The summed E-state index contributed by atoms with van der Waals surface area (Å²) in [6.07, 6.45) is 3.62. The lowest BCUT2D eigenvalue weighted by atomic mass is 9.93. The van der Waals surface area contributed by atoms with Crippen molar-refractivity contribution in [3.05, 3.63) is 53.4 Å². The van der Waals surface area contributed by atoms with Crippen molar-refractivity contribution < 1.29 is 13.9 Å². The SMILES string of the molecule is Cc1nc(C(=O)N2CCC(COc3ccc4nc(C(C)(C)C)cn4n3)CC2)ccc1F. The Hall–Kier alpha value is -3.03. The van der Waals surface area contributed by atoms with Crippen LogP contribution in [0, 0.1) is 18.7 Å². The van der Waals surface area contributed by atoms with Gasteiger partial charge in [-0.2, -0.15) is 0 Å². The number of aryl methyl sites for hydroxylation is 1. The van der Waals surface area contributed by atoms with Gasteiger partial charge in [0.1, 0.15) is 11.5 Å². The highest BCUT2D eigenvalue weighted by Gasteiger charge is 2.25. The number of rotatable bonds is 4. The third kappa shape index (κ3) is 4.68. The first-order chi connectivity index (χ1) is 14.7. The van der Waals surface area contributed by atoms with Gasteiger partial charge in [0.15, 0.2) is 5.65 Å². The number of nitrogens with zero attached hydrogens (tertiary/aromatic N) is 5. The topological polar surface area (TPSA) is 72.6 Å². The lowest BCUT2D eigenvalue weighted by Gasteiger charge is -2.31. The second kappa shape index (κ2) is 8.24. The van der Waals surface area contributed by atoms with E-state index in [9.17, 15) is 9.18 Å². The van der Waals surface area contributed by atoms with Gasteiger partial charge >= 0.3 is 0 Å². The van der Waals surface area contributed by atoms with Gasteiger partial charge in [0, 0.05) is 24.6 Å². The van der Waals surface area contributed by atoms with E-state index in [0.717, 1.165) is 24.2 Å². The Morgan fingerprint density at radius 3 is 2.58 bits per heavy atom. The zero-order valence-electron chi connectivity index (χ0n) is 18.4. The van der Waals surface area contributed by atoms with E-state index >= 15 is 0 Å². The van der Waals surface area contributed by atoms with Crippen LogP contribution in [0.5, 0.6) is 5.88 Å². The molecule has 1 fully saturated rings. The van der Waals surface area contributed by atoms with Crippen molar-refractivity contribution in [2.75, 3.05) is 19.7 Å². The third-order valence-electron chi connectivity index (χ3n) is 5.67. The molecule has 0 saturated carbocycles. The fraction of sp³-hybridized carbons (Fsp3) is 0.478. The Kier molecular flexibility index (Phi) is 5.64. The van der Waals surface area contributed by atoms with Crippen LogP contribution in [-0.2, 0) is 5.41 Å². The molecule has 0 aromatic carbocycles.